The Hall–Kier alpha value is -0.380. The molecule has 0 amide bonds. The highest BCUT2D eigenvalue weighted by molar-refractivity contribution is 7.10. The summed E-state index contributed by atoms with van der Waals surface area (Å²) in [6.45, 7) is 8.31. The lowest BCUT2D eigenvalue weighted by atomic mass is 9.74. The molecule has 0 aliphatic carbocycles. The summed E-state index contributed by atoms with van der Waals surface area (Å²) < 4.78 is 0. The first kappa shape index (κ1) is 11.7. The monoisotopic (exact) mass is 213 g/mol. The Morgan fingerprint density at radius 2 is 2.00 bits per heavy atom. The summed E-state index contributed by atoms with van der Waals surface area (Å²) in [5.74, 6) is 0. The minimum absolute atomic E-state index is 0.239. The van der Waals surface area contributed by atoms with Gasteiger partial charge in [0.25, 0.3) is 0 Å². The van der Waals surface area contributed by atoms with Crippen molar-refractivity contribution in [2.75, 3.05) is 6.54 Å². The molecule has 0 fully saturated rings. The van der Waals surface area contributed by atoms with Gasteiger partial charge in [-0.05, 0) is 29.3 Å². The molecule has 0 aromatic carbocycles. The molecule has 1 atom stereocenters. The van der Waals surface area contributed by atoms with Crippen molar-refractivity contribution in [3.8, 4) is 0 Å². The molecule has 2 nitrogen and oxygen atoms in total. The number of rotatable bonds is 2. The van der Waals surface area contributed by atoms with Gasteiger partial charge in [0.15, 0.2) is 0 Å². The molecule has 14 heavy (non-hydrogen) atoms. The van der Waals surface area contributed by atoms with Crippen molar-refractivity contribution >= 4 is 11.3 Å². The number of nitrogens with two attached hydrogens (primary N) is 1. The van der Waals surface area contributed by atoms with Gasteiger partial charge in [-0.25, -0.2) is 0 Å². The van der Waals surface area contributed by atoms with Crippen LogP contribution in [0, 0.1) is 12.3 Å². The fourth-order valence-electron chi connectivity index (χ4n) is 1.54. The fourth-order valence-corrected chi connectivity index (χ4v) is 2.78. The van der Waals surface area contributed by atoms with Crippen LogP contribution in [0.3, 0.4) is 0 Å². The van der Waals surface area contributed by atoms with Gasteiger partial charge in [-0.3, -0.25) is 0 Å². The molecule has 0 spiro atoms. The second-order valence-electron chi connectivity index (χ2n) is 4.75. The van der Waals surface area contributed by atoms with Crippen LogP contribution in [0.2, 0.25) is 0 Å². The first-order valence-corrected chi connectivity index (χ1v) is 5.68. The Morgan fingerprint density at radius 1 is 1.43 bits per heavy atom. The van der Waals surface area contributed by atoms with Gasteiger partial charge in [-0.1, -0.05) is 20.8 Å². The van der Waals surface area contributed by atoms with Crippen LogP contribution in [0.5, 0.6) is 0 Å². The first-order valence-electron chi connectivity index (χ1n) is 4.80. The summed E-state index contributed by atoms with van der Waals surface area (Å²) in [4.78, 5) is 0.993. The smallest absolute Gasteiger partial charge is 0.116 e. The molecule has 1 unspecified atom stereocenters. The lowest BCUT2D eigenvalue weighted by Gasteiger charge is -2.39. The predicted octanol–water partition coefficient (Wildman–Crippen LogP) is 2.25. The average Bonchev–Trinajstić information content (AvgIpc) is 2.48. The minimum atomic E-state index is -0.911. The normalized spacial score (nSPS) is 16.7. The molecule has 3 N–H and O–H groups in total. The van der Waals surface area contributed by atoms with Crippen molar-refractivity contribution in [1.29, 1.82) is 0 Å². The van der Waals surface area contributed by atoms with Crippen LogP contribution in [0.1, 0.15) is 31.2 Å². The number of aliphatic hydroxyl groups is 1. The van der Waals surface area contributed by atoms with Crippen molar-refractivity contribution in [2.24, 2.45) is 11.1 Å². The Labute approximate surface area is 89.8 Å². The lowest BCUT2D eigenvalue weighted by molar-refractivity contribution is -0.0530. The standard InChI is InChI=1S/C11H19NOS/c1-8-5-6-14-9(8)11(13,7-12)10(2,3)4/h5-6,13H,7,12H2,1-4H3. The van der Waals surface area contributed by atoms with Gasteiger partial charge < -0.3 is 10.8 Å². The van der Waals surface area contributed by atoms with Crippen molar-refractivity contribution in [2.45, 2.75) is 33.3 Å². The van der Waals surface area contributed by atoms with Crippen LogP contribution in [-0.4, -0.2) is 11.7 Å². The zero-order valence-electron chi connectivity index (χ0n) is 9.29. The van der Waals surface area contributed by atoms with E-state index in [1.807, 2.05) is 39.1 Å². The van der Waals surface area contributed by atoms with E-state index in [0.717, 1.165) is 10.4 Å². The second kappa shape index (κ2) is 3.65. The summed E-state index contributed by atoms with van der Waals surface area (Å²) in [7, 11) is 0. The SMILES string of the molecule is Cc1ccsc1C(O)(CN)C(C)(C)C. The molecule has 3 heteroatoms. The molecule has 0 radical (unpaired) electrons. The third kappa shape index (κ3) is 1.72. The fraction of sp³-hybridized carbons (Fsp3) is 0.636. The maximum atomic E-state index is 10.6. The highest BCUT2D eigenvalue weighted by Crippen LogP contribution is 2.42. The molecular weight excluding hydrogens is 194 g/mol. The average molecular weight is 213 g/mol. The van der Waals surface area contributed by atoms with E-state index in [0.29, 0.717) is 0 Å². The van der Waals surface area contributed by atoms with E-state index < -0.39 is 5.60 Å². The minimum Gasteiger partial charge on any atom is -0.382 e. The summed E-state index contributed by atoms with van der Waals surface area (Å²) in [6, 6.07) is 2.02. The molecule has 1 rings (SSSR count). The third-order valence-electron chi connectivity index (χ3n) is 2.77. The van der Waals surface area contributed by atoms with Crippen LogP contribution in [0.4, 0.5) is 0 Å². The van der Waals surface area contributed by atoms with Gasteiger partial charge >= 0.3 is 0 Å². The predicted molar refractivity (Wildman–Crippen MR) is 61.5 cm³/mol. The molecule has 0 aliphatic heterocycles. The van der Waals surface area contributed by atoms with Gasteiger partial charge in [0.1, 0.15) is 5.60 Å². The Morgan fingerprint density at radius 3 is 2.29 bits per heavy atom. The summed E-state index contributed by atoms with van der Waals surface area (Å²) in [5, 5.41) is 12.6. The van der Waals surface area contributed by atoms with Crippen molar-refractivity contribution in [1.82, 2.24) is 0 Å². The number of hydrogen-bond donors (Lipinski definition) is 2. The Balaban J connectivity index is 3.22. The van der Waals surface area contributed by atoms with Gasteiger partial charge in [-0.2, -0.15) is 0 Å². The van der Waals surface area contributed by atoms with Crippen LogP contribution in [0.25, 0.3) is 0 Å². The molecule has 0 saturated carbocycles. The van der Waals surface area contributed by atoms with Crippen molar-refractivity contribution in [3.05, 3.63) is 21.9 Å². The second-order valence-corrected chi connectivity index (χ2v) is 5.66. The molecular formula is C11H19NOS. The molecule has 0 aliphatic rings. The summed E-state index contributed by atoms with van der Waals surface area (Å²) in [5.41, 5.74) is 5.68. The molecule has 1 heterocycles. The highest BCUT2D eigenvalue weighted by atomic mass is 32.1. The Kier molecular flexibility index (Phi) is 3.04. The van der Waals surface area contributed by atoms with Crippen LogP contribution in [-0.2, 0) is 5.60 Å². The zero-order valence-corrected chi connectivity index (χ0v) is 10.1. The third-order valence-corrected chi connectivity index (χ3v) is 3.94. The number of hydrogen-bond acceptors (Lipinski definition) is 3. The maximum absolute atomic E-state index is 10.6. The van der Waals surface area contributed by atoms with Crippen molar-refractivity contribution in [3.63, 3.8) is 0 Å². The maximum Gasteiger partial charge on any atom is 0.116 e. The number of thiophene rings is 1. The van der Waals surface area contributed by atoms with Crippen LogP contribution < -0.4 is 5.73 Å². The number of aryl methyl sites for hydroxylation is 1. The van der Waals surface area contributed by atoms with E-state index in [-0.39, 0.29) is 12.0 Å². The topological polar surface area (TPSA) is 46.2 Å². The molecule has 1 aromatic heterocycles. The molecule has 80 valence electrons. The highest BCUT2D eigenvalue weighted by Gasteiger charge is 2.42. The largest absolute Gasteiger partial charge is 0.382 e. The molecule has 0 saturated heterocycles. The summed E-state index contributed by atoms with van der Waals surface area (Å²) >= 11 is 1.58. The van der Waals surface area contributed by atoms with Crippen LogP contribution >= 0.6 is 11.3 Å². The van der Waals surface area contributed by atoms with E-state index in [1.165, 1.54) is 0 Å². The van der Waals surface area contributed by atoms with Gasteiger partial charge in [-0.15, -0.1) is 11.3 Å². The van der Waals surface area contributed by atoms with Crippen LogP contribution in [0.15, 0.2) is 11.4 Å². The van der Waals surface area contributed by atoms with Gasteiger partial charge in [0.05, 0.1) is 0 Å². The van der Waals surface area contributed by atoms with E-state index in [4.69, 9.17) is 5.73 Å². The van der Waals surface area contributed by atoms with E-state index >= 15 is 0 Å². The molecule has 0 bridgehead atoms. The quantitative estimate of drug-likeness (QED) is 0.791. The van der Waals surface area contributed by atoms with E-state index in [2.05, 4.69) is 0 Å². The first-order chi connectivity index (χ1) is 6.33. The summed E-state index contributed by atoms with van der Waals surface area (Å²) in [6.07, 6.45) is 0. The van der Waals surface area contributed by atoms with E-state index in [1.54, 1.807) is 11.3 Å². The lowest BCUT2D eigenvalue weighted by Crippen LogP contribution is -2.46. The van der Waals surface area contributed by atoms with Gasteiger partial charge in [0, 0.05) is 11.4 Å². The Bertz CT molecular complexity index is 313. The molecule has 1 aromatic rings. The van der Waals surface area contributed by atoms with Crippen molar-refractivity contribution < 1.29 is 5.11 Å². The zero-order chi connectivity index (χ0) is 11.0. The van der Waals surface area contributed by atoms with E-state index in [9.17, 15) is 5.11 Å². The van der Waals surface area contributed by atoms with Gasteiger partial charge in [0.2, 0.25) is 0 Å².